The molecule has 104 valence electrons. The first-order valence-electron chi connectivity index (χ1n) is 6.02. The number of ether oxygens (including phenoxy) is 1. The summed E-state index contributed by atoms with van der Waals surface area (Å²) >= 11 is 0. The van der Waals surface area contributed by atoms with Crippen molar-refractivity contribution in [3.05, 3.63) is 53.9 Å². The maximum absolute atomic E-state index is 13.6. The third-order valence-electron chi connectivity index (χ3n) is 2.82. The standard InChI is InChI=1S/C14H14FN3O2/c1-9(10-3-4-13(20-2)11(15)7-10)18-14(19)12-8-16-5-6-17-12/h3-9H,1-2H3,(H,18,19). The predicted octanol–water partition coefficient (Wildman–Crippen LogP) is 2.12. The van der Waals surface area contributed by atoms with Gasteiger partial charge >= 0.3 is 0 Å². The van der Waals surface area contributed by atoms with Crippen molar-refractivity contribution in [1.29, 1.82) is 0 Å². The van der Waals surface area contributed by atoms with E-state index in [2.05, 4.69) is 15.3 Å². The zero-order valence-corrected chi connectivity index (χ0v) is 11.1. The third kappa shape index (κ3) is 3.09. The molecular formula is C14H14FN3O2. The van der Waals surface area contributed by atoms with Gasteiger partial charge in [-0.3, -0.25) is 9.78 Å². The van der Waals surface area contributed by atoms with E-state index in [0.717, 1.165) is 0 Å². The Morgan fingerprint density at radius 3 is 2.80 bits per heavy atom. The molecular weight excluding hydrogens is 261 g/mol. The molecule has 0 radical (unpaired) electrons. The minimum absolute atomic E-state index is 0.168. The van der Waals surface area contributed by atoms with Gasteiger partial charge in [-0.1, -0.05) is 6.07 Å². The number of nitrogens with zero attached hydrogens (tertiary/aromatic N) is 2. The van der Waals surface area contributed by atoms with Gasteiger partial charge in [0, 0.05) is 12.4 Å². The Balaban J connectivity index is 2.10. The van der Waals surface area contributed by atoms with E-state index < -0.39 is 5.82 Å². The lowest BCUT2D eigenvalue weighted by Gasteiger charge is -2.14. The van der Waals surface area contributed by atoms with Crippen LogP contribution in [0.3, 0.4) is 0 Å². The fourth-order valence-electron chi connectivity index (χ4n) is 1.72. The molecule has 0 spiro atoms. The number of rotatable bonds is 4. The number of aromatic nitrogens is 2. The average Bonchev–Trinajstić information content (AvgIpc) is 2.48. The number of nitrogens with one attached hydrogen (secondary N) is 1. The van der Waals surface area contributed by atoms with E-state index in [1.165, 1.54) is 37.8 Å². The second kappa shape index (κ2) is 6.10. The Bertz CT molecular complexity index is 605. The van der Waals surface area contributed by atoms with E-state index in [1.807, 2.05) is 0 Å². The summed E-state index contributed by atoms with van der Waals surface area (Å²) < 4.78 is 18.5. The van der Waals surface area contributed by atoms with Crippen molar-refractivity contribution < 1.29 is 13.9 Å². The Morgan fingerprint density at radius 2 is 2.20 bits per heavy atom. The van der Waals surface area contributed by atoms with Gasteiger partial charge in [-0.25, -0.2) is 9.37 Å². The van der Waals surface area contributed by atoms with Crippen molar-refractivity contribution in [2.75, 3.05) is 7.11 Å². The van der Waals surface area contributed by atoms with Gasteiger partial charge in [-0.15, -0.1) is 0 Å². The maximum Gasteiger partial charge on any atom is 0.271 e. The van der Waals surface area contributed by atoms with Crippen LogP contribution in [0.15, 0.2) is 36.8 Å². The van der Waals surface area contributed by atoms with E-state index in [-0.39, 0.29) is 23.4 Å². The highest BCUT2D eigenvalue weighted by atomic mass is 19.1. The summed E-state index contributed by atoms with van der Waals surface area (Å²) in [5, 5.41) is 2.73. The first kappa shape index (κ1) is 13.9. The number of hydrogen-bond donors (Lipinski definition) is 1. The highest BCUT2D eigenvalue weighted by Crippen LogP contribution is 2.21. The fraction of sp³-hybridized carbons (Fsp3) is 0.214. The first-order valence-corrected chi connectivity index (χ1v) is 6.02. The van der Waals surface area contributed by atoms with Crippen LogP contribution < -0.4 is 10.1 Å². The molecule has 1 amide bonds. The molecule has 1 atom stereocenters. The van der Waals surface area contributed by atoms with E-state index in [9.17, 15) is 9.18 Å². The van der Waals surface area contributed by atoms with Crippen LogP contribution in [0.5, 0.6) is 5.75 Å². The SMILES string of the molecule is COc1ccc(C(C)NC(=O)c2cnccn2)cc1F. The molecule has 0 saturated carbocycles. The normalized spacial score (nSPS) is 11.8. The molecule has 2 rings (SSSR count). The van der Waals surface area contributed by atoms with Crippen LogP contribution in [-0.4, -0.2) is 23.0 Å². The summed E-state index contributed by atoms with van der Waals surface area (Å²) in [6.07, 6.45) is 4.29. The first-order chi connectivity index (χ1) is 9.61. The summed E-state index contributed by atoms with van der Waals surface area (Å²) in [6, 6.07) is 4.20. The van der Waals surface area contributed by atoms with Crippen molar-refractivity contribution in [1.82, 2.24) is 15.3 Å². The molecule has 1 heterocycles. The number of amides is 1. The minimum Gasteiger partial charge on any atom is -0.494 e. The van der Waals surface area contributed by atoms with Gasteiger partial charge in [-0.05, 0) is 24.6 Å². The van der Waals surface area contributed by atoms with Crippen molar-refractivity contribution >= 4 is 5.91 Å². The van der Waals surface area contributed by atoms with Crippen LogP contribution in [0.25, 0.3) is 0 Å². The molecule has 0 bridgehead atoms. The van der Waals surface area contributed by atoms with Crippen LogP contribution in [0.2, 0.25) is 0 Å². The molecule has 1 N–H and O–H groups in total. The molecule has 0 saturated heterocycles. The van der Waals surface area contributed by atoms with E-state index in [4.69, 9.17) is 4.74 Å². The number of benzene rings is 1. The summed E-state index contributed by atoms with van der Waals surface area (Å²) in [6.45, 7) is 1.76. The summed E-state index contributed by atoms with van der Waals surface area (Å²) in [5.41, 5.74) is 0.855. The van der Waals surface area contributed by atoms with Crippen molar-refractivity contribution in [3.63, 3.8) is 0 Å². The van der Waals surface area contributed by atoms with Gasteiger partial charge in [-0.2, -0.15) is 0 Å². The zero-order chi connectivity index (χ0) is 14.5. The van der Waals surface area contributed by atoms with Gasteiger partial charge in [0.1, 0.15) is 5.69 Å². The molecule has 0 aliphatic rings. The number of carbonyl (C=O) groups excluding carboxylic acids is 1. The van der Waals surface area contributed by atoms with Gasteiger partial charge in [0.25, 0.3) is 5.91 Å². The summed E-state index contributed by atoms with van der Waals surface area (Å²) in [5.74, 6) is -0.659. The number of hydrogen-bond acceptors (Lipinski definition) is 4. The smallest absolute Gasteiger partial charge is 0.271 e. The van der Waals surface area contributed by atoms with Gasteiger partial charge in [0.05, 0.1) is 19.3 Å². The molecule has 0 aliphatic heterocycles. The summed E-state index contributed by atoms with van der Waals surface area (Å²) in [7, 11) is 1.40. The predicted molar refractivity (Wildman–Crippen MR) is 70.9 cm³/mol. The van der Waals surface area contributed by atoms with Crippen molar-refractivity contribution in [3.8, 4) is 5.75 Å². The average molecular weight is 275 g/mol. The molecule has 1 aromatic heterocycles. The topological polar surface area (TPSA) is 64.1 Å². The Hall–Kier alpha value is -2.50. The molecule has 0 aliphatic carbocycles. The molecule has 6 heteroatoms. The monoisotopic (exact) mass is 275 g/mol. The quantitative estimate of drug-likeness (QED) is 0.928. The van der Waals surface area contributed by atoms with E-state index in [0.29, 0.717) is 5.56 Å². The lowest BCUT2D eigenvalue weighted by Crippen LogP contribution is -2.27. The molecule has 2 aromatic rings. The van der Waals surface area contributed by atoms with Crippen molar-refractivity contribution in [2.45, 2.75) is 13.0 Å². The Kier molecular flexibility index (Phi) is 4.24. The molecule has 1 aromatic carbocycles. The largest absolute Gasteiger partial charge is 0.494 e. The number of methoxy groups -OCH3 is 1. The van der Waals surface area contributed by atoms with Crippen LogP contribution in [0, 0.1) is 5.82 Å². The van der Waals surface area contributed by atoms with Crippen LogP contribution in [-0.2, 0) is 0 Å². The van der Waals surface area contributed by atoms with Crippen LogP contribution in [0.4, 0.5) is 4.39 Å². The highest BCUT2D eigenvalue weighted by molar-refractivity contribution is 5.92. The molecule has 0 fully saturated rings. The van der Waals surface area contributed by atoms with Gasteiger partial charge in [0.15, 0.2) is 11.6 Å². The minimum atomic E-state index is -0.467. The van der Waals surface area contributed by atoms with Crippen LogP contribution in [0.1, 0.15) is 29.0 Å². The molecule has 1 unspecified atom stereocenters. The third-order valence-corrected chi connectivity index (χ3v) is 2.82. The van der Waals surface area contributed by atoms with E-state index in [1.54, 1.807) is 13.0 Å². The second-order valence-electron chi connectivity index (χ2n) is 4.18. The molecule has 20 heavy (non-hydrogen) atoms. The van der Waals surface area contributed by atoms with Crippen molar-refractivity contribution in [2.24, 2.45) is 0 Å². The Labute approximate surface area is 115 Å². The number of halogens is 1. The fourth-order valence-corrected chi connectivity index (χ4v) is 1.72. The zero-order valence-electron chi connectivity index (χ0n) is 11.1. The summed E-state index contributed by atoms with van der Waals surface area (Å²) in [4.78, 5) is 19.6. The highest BCUT2D eigenvalue weighted by Gasteiger charge is 2.14. The lowest BCUT2D eigenvalue weighted by molar-refractivity contribution is 0.0934. The van der Waals surface area contributed by atoms with Gasteiger partial charge in [0.2, 0.25) is 0 Å². The molecule has 5 nitrogen and oxygen atoms in total. The van der Waals surface area contributed by atoms with E-state index >= 15 is 0 Å². The van der Waals surface area contributed by atoms with Gasteiger partial charge < -0.3 is 10.1 Å². The number of carbonyl (C=O) groups is 1. The van der Waals surface area contributed by atoms with Crippen LogP contribution >= 0.6 is 0 Å². The Morgan fingerprint density at radius 1 is 1.40 bits per heavy atom. The maximum atomic E-state index is 13.6. The lowest BCUT2D eigenvalue weighted by atomic mass is 10.1. The second-order valence-corrected chi connectivity index (χ2v) is 4.18.